The van der Waals surface area contributed by atoms with Gasteiger partial charge in [-0.05, 0) is 61.1 Å². The van der Waals surface area contributed by atoms with E-state index < -0.39 is 5.97 Å². The molecular formula is C26H28N4O3. The third-order valence-corrected chi connectivity index (χ3v) is 5.72. The van der Waals surface area contributed by atoms with Gasteiger partial charge in [-0.1, -0.05) is 36.4 Å². The number of nitrogens with zero attached hydrogens (tertiary/aromatic N) is 2. The molecule has 4 N–H and O–H groups in total. The van der Waals surface area contributed by atoms with E-state index in [0.29, 0.717) is 18.7 Å². The summed E-state index contributed by atoms with van der Waals surface area (Å²) in [7, 11) is 4.09. The monoisotopic (exact) mass is 444 g/mol. The van der Waals surface area contributed by atoms with E-state index in [9.17, 15) is 9.90 Å². The molecule has 7 nitrogen and oxygen atoms in total. The van der Waals surface area contributed by atoms with Gasteiger partial charge >= 0.3 is 5.97 Å². The number of carboxylic acid groups (broad SMARTS) is 1. The number of aromatic nitrogens is 1. The van der Waals surface area contributed by atoms with Gasteiger partial charge in [-0.25, -0.2) is 4.79 Å². The van der Waals surface area contributed by atoms with E-state index >= 15 is 0 Å². The van der Waals surface area contributed by atoms with Gasteiger partial charge in [0.1, 0.15) is 17.3 Å². The molecule has 3 aromatic carbocycles. The van der Waals surface area contributed by atoms with E-state index in [1.807, 2.05) is 50.5 Å². The molecule has 0 aliphatic rings. The van der Waals surface area contributed by atoms with Crippen molar-refractivity contribution in [2.45, 2.75) is 13.0 Å². The molecule has 0 atom stereocenters. The number of benzene rings is 3. The van der Waals surface area contributed by atoms with Gasteiger partial charge in [-0.15, -0.1) is 0 Å². The van der Waals surface area contributed by atoms with E-state index in [0.717, 1.165) is 46.0 Å². The van der Waals surface area contributed by atoms with Crippen molar-refractivity contribution in [2.75, 3.05) is 27.2 Å². The number of hydrogen-bond donors (Lipinski definition) is 3. The third-order valence-electron chi connectivity index (χ3n) is 5.72. The molecule has 170 valence electrons. The molecule has 0 saturated heterocycles. The Bertz CT molecular complexity index is 1340. The quantitative estimate of drug-likeness (QED) is 0.204. The zero-order valence-electron chi connectivity index (χ0n) is 18.8. The van der Waals surface area contributed by atoms with Crippen molar-refractivity contribution < 1.29 is 14.6 Å². The summed E-state index contributed by atoms with van der Waals surface area (Å²) in [6, 6.07) is 19.0. The lowest BCUT2D eigenvalue weighted by atomic mass is 10.0. The fraction of sp³-hybridized carbons (Fsp3) is 0.231. The number of rotatable bonds is 9. The molecule has 0 aliphatic carbocycles. The second-order valence-corrected chi connectivity index (χ2v) is 8.41. The Labute approximate surface area is 192 Å². The number of nitrogens with one attached hydrogen (secondary N) is 1. The zero-order chi connectivity index (χ0) is 23.5. The van der Waals surface area contributed by atoms with Crippen molar-refractivity contribution in [3.05, 3.63) is 77.5 Å². The zero-order valence-corrected chi connectivity index (χ0v) is 18.8. The van der Waals surface area contributed by atoms with Crippen LogP contribution in [0.4, 0.5) is 0 Å². The minimum atomic E-state index is -0.996. The Balaban J connectivity index is 1.68. The summed E-state index contributed by atoms with van der Waals surface area (Å²) in [6.45, 7) is 2.01. The molecule has 33 heavy (non-hydrogen) atoms. The number of fused-ring (bicyclic) bond motifs is 2. The van der Waals surface area contributed by atoms with Gasteiger partial charge in [-0.2, -0.15) is 0 Å². The highest BCUT2D eigenvalue weighted by Crippen LogP contribution is 2.28. The van der Waals surface area contributed by atoms with Crippen LogP contribution in [0, 0.1) is 5.41 Å². The van der Waals surface area contributed by atoms with Crippen molar-refractivity contribution in [3.63, 3.8) is 0 Å². The van der Waals surface area contributed by atoms with Gasteiger partial charge in [0.2, 0.25) is 0 Å². The first-order valence-electron chi connectivity index (χ1n) is 10.8. The van der Waals surface area contributed by atoms with Crippen LogP contribution < -0.4 is 10.5 Å². The highest BCUT2D eigenvalue weighted by molar-refractivity contribution is 6.01. The Morgan fingerprint density at radius 2 is 1.91 bits per heavy atom. The molecular weight excluding hydrogens is 416 g/mol. The Morgan fingerprint density at radius 3 is 2.64 bits per heavy atom. The number of ether oxygens (including phenoxy) is 1. The molecule has 0 spiro atoms. The van der Waals surface area contributed by atoms with Crippen LogP contribution >= 0.6 is 0 Å². The maximum atomic E-state index is 12.0. The number of nitrogens with two attached hydrogens (primary N) is 1. The van der Waals surface area contributed by atoms with E-state index in [1.54, 1.807) is 28.8 Å². The maximum Gasteiger partial charge on any atom is 0.352 e. The number of carbonyl (C=O) groups is 1. The molecule has 0 aliphatic heterocycles. The van der Waals surface area contributed by atoms with Crippen molar-refractivity contribution in [1.29, 1.82) is 5.41 Å². The van der Waals surface area contributed by atoms with Crippen LogP contribution in [-0.4, -0.2) is 53.6 Å². The van der Waals surface area contributed by atoms with Crippen LogP contribution in [0.1, 0.15) is 28.0 Å². The second-order valence-electron chi connectivity index (χ2n) is 8.41. The third kappa shape index (κ3) is 4.83. The van der Waals surface area contributed by atoms with Gasteiger partial charge in [0, 0.05) is 29.6 Å². The van der Waals surface area contributed by atoms with Crippen LogP contribution in [0.5, 0.6) is 5.75 Å². The van der Waals surface area contributed by atoms with Gasteiger partial charge in [0.05, 0.1) is 6.61 Å². The summed E-state index contributed by atoms with van der Waals surface area (Å²) in [5, 5.41) is 20.4. The highest BCUT2D eigenvalue weighted by atomic mass is 16.5. The summed E-state index contributed by atoms with van der Waals surface area (Å²) in [5.41, 5.74) is 8.16. The molecule has 0 radical (unpaired) electrons. The van der Waals surface area contributed by atoms with Gasteiger partial charge in [-0.3, -0.25) is 5.41 Å². The van der Waals surface area contributed by atoms with E-state index in [-0.39, 0.29) is 11.5 Å². The van der Waals surface area contributed by atoms with E-state index in [2.05, 4.69) is 4.90 Å². The van der Waals surface area contributed by atoms with Crippen LogP contribution in [0.2, 0.25) is 0 Å². The van der Waals surface area contributed by atoms with E-state index in [4.69, 9.17) is 15.9 Å². The Hall–Kier alpha value is -3.84. The summed E-state index contributed by atoms with van der Waals surface area (Å²) >= 11 is 0. The number of aromatic carboxylic acids is 1. The standard InChI is InChI=1S/C26H28N4O3/c1-29(2)11-4-12-33-21-9-10-22-17(13-21)5-3-6-20(22)16-30-23-15-19(25(27)28)8-7-18(23)14-24(30)26(31)32/h3,5-10,13-15H,4,11-12,16H2,1-2H3,(H3,27,28)(H,31,32). The minimum absolute atomic E-state index is 0.0511. The van der Waals surface area contributed by atoms with Crippen molar-refractivity contribution in [2.24, 2.45) is 5.73 Å². The lowest BCUT2D eigenvalue weighted by molar-refractivity contribution is 0.0686. The number of amidine groups is 1. The molecule has 0 saturated carbocycles. The van der Waals surface area contributed by atoms with E-state index in [1.165, 1.54) is 0 Å². The maximum absolute atomic E-state index is 12.0. The topological polar surface area (TPSA) is 105 Å². The summed E-state index contributed by atoms with van der Waals surface area (Å²) in [6.07, 6.45) is 0.950. The first kappa shape index (κ1) is 22.4. The summed E-state index contributed by atoms with van der Waals surface area (Å²) in [5.74, 6) is -0.226. The predicted molar refractivity (Wildman–Crippen MR) is 132 cm³/mol. The largest absolute Gasteiger partial charge is 0.494 e. The van der Waals surface area contributed by atoms with Gasteiger partial charge < -0.3 is 25.0 Å². The Morgan fingerprint density at radius 1 is 1.09 bits per heavy atom. The predicted octanol–water partition coefficient (Wildman–Crippen LogP) is 4.16. The minimum Gasteiger partial charge on any atom is -0.494 e. The molecule has 1 heterocycles. The smallest absolute Gasteiger partial charge is 0.352 e. The molecule has 0 bridgehead atoms. The molecule has 4 aromatic rings. The number of hydrogen-bond acceptors (Lipinski definition) is 4. The van der Waals surface area contributed by atoms with Crippen LogP contribution in [0.25, 0.3) is 21.7 Å². The first-order chi connectivity index (χ1) is 15.8. The van der Waals surface area contributed by atoms with Crippen molar-refractivity contribution >= 4 is 33.5 Å². The normalized spacial score (nSPS) is 11.4. The number of carboxylic acids is 1. The van der Waals surface area contributed by atoms with Crippen molar-refractivity contribution in [3.8, 4) is 5.75 Å². The lowest BCUT2D eigenvalue weighted by Crippen LogP contribution is -2.15. The van der Waals surface area contributed by atoms with Crippen molar-refractivity contribution in [1.82, 2.24) is 9.47 Å². The second kappa shape index (κ2) is 9.34. The van der Waals surface area contributed by atoms with Crippen LogP contribution in [0.3, 0.4) is 0 Å². The highest BCUT2D eigenvalue weighted by Gasteiger charge is 2.17. The summed E-state index contributed by atoms with van der Waals surface area (Å²) in [4.78, 5) is 14.1. The first-order valence-corrected chi connectivity index (χ1v) is 10.8. The van der Waals surface area contributed by atoms with Crippen LogP contribution in [-0.2, 0) is 6.54 Å². The Kier molecular flexibility index (Phi) is 6.33. The molecule has 0 amide bonds. The molecule has 0 unspecified atom stereocenters. The van der Waals surface area contributed by atoms with Gasteiger partial charge in [0.15, 0.2) is 0 Å². The fourth-order valence-corrected chi connectivity index (χ4v) is 4.07. The van der Waals surface area contributed by atoms with Crippen LogP contribution in [0.15, 0.2) is 60.7 Å². The molecule has 7 heteroatoms. The fourth-order valence-electron chi connectivity index (χ4n) is 4.07. The molecule has 0 fully saturated rings. The SMILES string of the molecule is CN(C)CCCOc1ccc2c(Cn3c(C(=O)O)cc4ccc(C(=N)N)cc43)cccc2c1. The van der Waals surface area contributed by atoms with Gasteiger partial charge in [0.25, 0.3) is 0 Å². The number of nitrogen functional groups attached to an aromatic ring is 1. The molecule has 1 aromatic heterocycles. The average Bonchev–Trinajstić information content (AvgIpc) is 3.14. The average molecular weight is 445 g/mol. The summed E-state index contributed by atoms with van der Waals surface area (Å²) < 4.78 is 7.68. The molecule has 4 rings (SSSR count). The lowest BCUT2D eigenvalue weighted by Gasteiger charge is -2.14.